The molecule has 4 rings (SSSR count). The van der Waals surface area contributed by atoms with Crippen LogP contribution in [0.2, 0.25) is 0 Å². The fourth-order valence-corrected chi connectivity index (χ4v) is 5.93. The highest BCUT2D eigenvalue weighted by Gasteiger charge is 2.73. The molecule has 1 aliphatic rings. The predicted octanol–water partition coefficient (Wildman–Crippen LogP) is 7.19. The van der Waals surface area contributed by atoms with E-state index in [-0.39, 0.29) is 24.0 Å². The van der Waals surface area contributed by atoms with Crippen LogP contribution < -0.4 is 10.5 Å². The van der Waals surface area contributed by atoms with E-state index in [1.54, 1.807) is 0 Å². The van der Waals surface area contributed by atoms with Crippen LogP contribution in [0.3, 0.4) is 0 Å². The van der Waals surface area contributed by atoms with Crippen molar-refractivity contribution in [3.63, 3.8) is 0 Å². The van der Waals surface area contributed by atoms with Crippen molar-refractivity contribution in [2.24, 2.45) is 27.4 Å². The molecule has 1 fully saturated rings. The number of carbonyl (C=O) groups excluding carboxylic acids is 2. The molecule has 0 aromatic heterocycles. The fraction of sp³-hybridized carbons (Fsp3) is 0.412. The number of ether oxygens (including phenoxy) is 2. The molecule has 3 aromatic carbocycles. The van der Waals surface area contributed by atoms with E-state index in [0.29, 0.717) is 18.6 Å². The smallest absolute Gasteiger partial charge is 0.318 e. The molecular formula is C34H41NO4. The summed E-state index contributed by atoms with van der Waals surface area (Å²) in [7, 11) is 0. The maximum absolute atomic E-state index is 13.6. The SMILES string of the molecule is CC(N)C(C)(CC(C)(C)C1(C)CC1(C)C(=O)OCc1ccccc1)C(=O)Oc1ccc(-c2ccccc2)cc1. The number of hydrogen-bond acceptors (Lipinski definition) is 5. The van der Waals surface area contributed by atoms with E-state index >= 15 is 0 Å². The van der Waals surface area contributed by atoms with Crippen molar-refractivity contribution in [2.75, 3.05) is 0 Å². The zero-order valence-electron chi connectivity index (χ0n) is 24.0. The molecule has 2 N–H and O–H groups in total. The first kappa shape index (κ1) is 28.6. The van der Waals surface area contributed by atoms with Gasteiger partial charge < -0.3 is 15.2 Å². The van der Waals surface area contributed by atoms with Gasteiger partial charge >= 0.3 is 11.9 Å². The molecule has 0 amide bonds. The van der Waals surface area contributed by atoms with Gasteiger partial charge in [-0.3, -0.25) is 9.59 Å². The second-order valence-corrected chi connectivity index (χ2v) is 12.4. The van der Waals surface area contributed by atoms with Gasteiger partial charge in [-0.15, -0.1) is 0 Å². The highest BCUT2D eigenvalue weighted by molar-refractivity contribution is 5.82. The number of benzene rings is 3. The van der Waals surface area contributed by atoms with Crippen molar-refractivity contribution < 1.29 is 19.1 Å². The number of esters is 2. The van der Waals surface area contributed by atoms with Crippen LogP contribution in [0.15, 0.2) is 84.9 Å². The van der Waals surface area contributed by atoms with Crippen molar-refractivity contribution in [2.45, 2.75) is 67.0 Å². The van der Waals surface area contributed by atoms with Crippen molar-refractivity contribution >= 4 is 11.9 Å². The lowest BCUT2D eigenvalue weighted by molar-refractivity contribution is -0.154. The van der Waals surface area contributed by atoms with Crippen LogP contribution in [0, 0.1) is 21.7 Å². The maximum atomic E-state index is 13.6. The lowest BCUT2D eigenvalue weighted by Gasteiger charge is -2.43. The van der Waals surface area contributed by atoms with Gasteiger partial charge in [-0.1, -0.05) is 93.6 Å². The highest BCUT2D eigenvalue weighted by Crippen LogP contribution is 2.73. The van der Waals surface area contributed by atoms with Crippen molar-refractivity contribution in [3.8, 4) is 16.9 Å². The molecule has 5 nitrogen and oxygen atoms in total. The average Bonchev–Trinajstić information content (AvgIpc) is 3.52. The minimum Gasteiger partial charge on any atom is -0.460 e. The van der Waals surface area contributed by atoms with Crippen molar-refractivity contribution in [1.82, 2.24) is 0 Å². The quantitative estimate of drug-likeness (QED) is 0.223. The Balaban J connectivity index is 1.46. The molecule has 4 atom stereocenters. The third kappa shape index (κ3) is 5.51. The lowest BCUT2D eigenvalue weighted by Crippen LogP contribution is -2.50. The van der Waals surface area contributed by atoms with Gasteiger partial charge in [0.2, 0.25) is 0 Å². The fourth-order valence-electron chi connectivity index (χ4n) is 5.93. The van der Waals surface area contributed by atoms with Gasteiger partial charge in [-0.25, -0.2) is 0 Å². The summed E-state index contributed by atoms with van der Waals surface area (Å²) in [5.74, 6) is -0.0857. The standard InChI is InChI=1S/C34H41NO4/c1-24(35)32(4,29(36)39-28-19-17-27(18-20-28)26-15-11-8-12-16-26)22-31(2,3)34(6)23-33(34,5)30(37)38-21-25-13-9-7-10-14-25/h7-20,24H,21-23,35H2,1-6H3. The van der Waals surface area contributed by atoms with Crippen LogP contribution in [-0.4, -0.2) is 18.0 Å². The summed E-state index contributed by atoms with van der Waals surface area (Å²) in [4.78, 5) is 26.8. The Morgan fingerprint density at radius 3 is 1.97 bits per heavy atom. The summed E-state index contributed by atoms with van der Waals surface area (Å²) in [5.41, 5.74) is 7.20. The normalized spacial score (nSPS) is 22.8. The summed E-state index contributed by atoms with van der Waals surface area (Å²) in [6, 6.07) is 26.8. The summed E-state index contributed by atoms with van der Waals surface area (Å²) in [6.07, 6.45) is 1.16. The van der Waals surface area contributed by atoms with Gasteiger partial charge in [-0.05, 0) is 73.3 Å². The van der Waals surface area contributed by atoms with Crippen LogP contribution in [0.1, 0.15) is 59.9 Å². The Hall–Kier alpha value is -3.44. The van der Waals surface area contributed by atoms with Crippen LogP contribution in [-0.2, 0) is 20.9 Å². The van der Waals surface area contributed by atoms with E-state index in [9.17, 15) is 9.59 Å². The first-order valence-corrected chi connectivity index (χ1v) is 13.7. The summed E-state index contributed by atoms with van der Waals surface area (Å²) in [6.45, 7) is 12.3. The number of rotatable bonds is 10. The van der Waals surface area contributed by atoms with E-state index < -0.39 is 22.3 Å². The minimum atomic E-state index is -0.956. The molecule has 5 heteroatoms. The molecule has 0 radical (unpaired) electrons. The lowest BCUT2D eigenvalue weighted by atomic mass is 9.62. The van der Waals surface area contributed by atoms with Gasteiger partial charge in [-0.2, -0.15) is 0 Å². The molecule has 39 heavy (non-hydrogen) atoms. The topological polar surface area (TPSA) is 78.6 Å². The molecule has 206 valence electrons. The van der Waals surface area contributed by atoms with Crippen molar-refractivity contribution in [3.05, 3.63) is 90.5 Å². The Kier molecular flexibility index (Phi) is 7.77. The molecule has 1 aliphatic carbocycles. The summed E-state index contributed by atoms with van der Waals surface area (Å²) >= 11 is 0. The van der Waals surface area contributed by atoms with E-state index in [0.717, 1.165) is 16.7 Å². The predicted molar refractivity (Wildman–Crippen MR) is 155 cm³/mol. The number of nitrogens with two attached hydrogens (primary N) is 1. The number of carbonyl (C=O) groups is 2. The molecular weight excluding hydrogens is 486 g/mol. The van der Waals surface area contributed by atoms with Gasteiger partial charge in [0, 0.05) is 6.04 Å². The second kappa shape index (κ2) is 10.6. The van der Waals surface area contributed by atoms with Gasteiger partial charge in [0.1, 0.15) is 12.4 Å². The first-order valence-electron chi connectivity index (χ1n) is 13.7. The molecule has 0 spiro atoms. The molecule has 0 bridgehead atoms. The largest absolute Gasteiger partial charge is 0.460 e. The van der Waals surface area contributed by atoms with Crippen LogP contribution in [0.4, 0.5) is 0 Å². The molecule has 0 heterocycles. The number of hydrogen-bond donors (Lipinski definition) is 1. The minimum absolute atomic E-state index is 0.203. The highest BCUT2D eigenvalue weighted by atomic mass is 16.5. The summed E-state index contributed by atoms with van der Waals surface area (Å²) in [5, 5.41) is 0. The molecule has 0 aliphatic heterocycles. The molecule has 3 aromatic rings. The zero-order valence-corrected chi connectivity index (χ0v) is 24.0. The monoisotopic (exact) mass is 527 g/mol. The first-order chi connectivity index (χ1) is 18.3. The third-order valence-electron chi connectivity index (χ3n) is 9.41. The Morgan fingerprint density at radius 2 is 1.41 bits per heavy atom. The third-order valence-corrected chi connectivity index (χ3v) is 9.41. The van der Waals surface area contributed by atoms with Crippen LogP contribution in [0.5, 0.6) is 5.75 Å². The van der Waals surface area contributed by atoms with Gasteiger partial charge in [0.25, 0.3) is 0 Å². The molecule has 0 saturated heterocycles. The zero-order chi connectivity index (χ0) is 28.5. The second-order valence-electron chi connectivity index (χ2n) is 12.4. The van der Waals surface area contributed by atoms with E-state index in [1.165, 1.54) is 0 Å². The molecule has 4 unspecified atom stereocenters. The summed E-state index contributed by atoms with van der Waals surface area (Å²) < 4.78 is 11.6. The van der Waals surface area contributed by atoms with E-state index in [2.05, 4.69) is 20.8 Å². The van der Waals surface area contributed by atoms with E-state index in [1.807, 2.05) is 106 Å². The van der Waals surface area contributed by atoms with Crippen molar-refractivity contribution in [1.29, 1.82) is 0 Å². The Morgan fingerprint density at radius 1 is 0.872 bits per heavy atom. The Bertz CT molecular complexity index is 1300. The van der Waals surface area contributed by atoms with E-state index in [4.69, 9.17) is 15.2 Å². The maximum Gasteiger partial charge on any atom is 0.318 e. The van der Waals surface area contributed by atoms with Gasteiger partial charge in [0.15, 0.2) is 0 Å². The Labute approximate surface area is 232 Å². The average molecular weight is 528 g/mol. The van der Waals surface area contributed by atoms with Gasteiger partial charge in [0.05, 0.1) is 10.8 Å². The van der Waals surface area contributed by atoms with Crippen LogP contribution >= 0.6 is 0 Å². The van der Waals surface area contributed by atoms with Crippen LogP contribution in [0.25, 0.3) is 11.1 Å². The molecule has 1 saturated carbocycles.